The first-order valence-electron chi connectivity index (χ1n) is 6.70. The number of carboxylic acid groups (broad SMARTS) is 1. The van der Waals surface area contributed by atoms with Crippen molar-refractivity contribution in [1.82, 2.24) is 0 Å². The number of benzene rings is 2. The predicted molar refractivity (Wildman–Crippen MR) is 87.8 cm³/mol. The number of carbonyl (C=O) groups is 2. The van der Waals surface area contributed by atoms with Crippen LogP contribution in [0, 0.1) is 6.92 Å². The molecule has 2 aromatic rings. The second-order valence-corrected chi connectivity index (χ2v) is 4.89. The third-order valence-electron chi connectivity index (χ3n) is 2.68. The van der Waals surface area contributed by atoms with Crippen LogP contribution in [0.4, 0.5) is 0 Å². The lowest BCUT2D eigenvalue weighted by Gasteiger charge is -2.05. The van der Waals surface area contributed by atoms with Crippen molar-refractivity contribution in [2.45, 2.75) is 18.7 Å². The van der Waals surface area contributed by atoms with Crippen LogP contribution in [-0.2, 0) is 4.74 Å². The fourth-order valence-electron chi connectivity index (χ4n) is 1.58. The molecule has 0 spiro atoms. The Balaban J connectivity index is 0.000000287. The van der Waals surface area contributed by atoms with Gasteiger partial charge in [0.15, 0.2) is 0 Å². The highest BCUT2D eigenvalue weighted by Gasteiger charge is 2.12. The van der Waals surface area contributed by atoms with Crippen molar-refractivity contribution in [3.05, 3.63) is 65.2 Å². The lowest BCUT2D eigenvalue weighted by molar-refractivity contribution is 0.0521. The van der Waals surface area contributed by atoms with Gasteiger partial charge in [-0.2, -0.15) is 0 Å². The predicted octanol–water partition coefficient (Wildman–Crippen LogP) is 3.85. The van der Waals surface area contributed by atoms with Gasteiger partial charge in [0.05, 0.1) is 17.7 Å². The molecule has 0 saturated heterocycles. The van der Waals surface area contributed by atoms with Crippen molar-refractivity contribution in [2.24, 2.45) is 0 Å². The molecule has 0 aliphatic carbocycles. The molecule has 0 aromatic heterocycles. The van der Waals surface area contributed by atoms with Gasteiger partial charge in [-0.3, -0.25) is 0 Å². The molecular formula is C17H18O4S. The number of rotatable bonds is 3. The average molecular weight is 318 g/mol. The highest BCUT2D eigenvalue weighted by molar-refractivity contribution is 7.80. The van der Waals surface area contributed by atoms with Gasteiger partial charge < -0.3 is 9.84 Å². The number of aromatic carboxylic acids is 1. The summed E-state index contributed by atoms with van der Waals surface area (Å²) in [5, 5.41) is 8.69. The van der Waals surface area contributed by atoms with Gasteiger partial charge in [-0.25, -0.2) is 9.59 Å². The van der Waals surface area contributed by atoms with Crippen LogP contribution in [0.25, 0.3) is 0 Å². The Morgan fingerprint density at radius 3 is 2.18 bits per heavy atom. The van der Waals surface area contributed by atoms with Gasteiger partial charge >= 0.3 is 11.9 Å². The van der Waals surface area contributed by atoms with E-state index in [1.165, 1.54) is 23.8 Å². The Morgan fingerprint density at radius 2 is 1.77 bits per heavy atom. The molecule has 0 aliphatic rings. The first kappa shape index (κ1) is 17.8. The Morgan fingerprint density at radius 1 is 1.14 bits per heavy atom. The first-order chi connectivity index (χ1) is 10.5. The molecule has 0 unspecified atom stereocenters. The summed E-state index contributed by atoms with van der Waals surface area (Å²) in [6.45, 7) is 4.05. The minimum absolute atomic E-state index is 0.0908. The standard InChI is InChI=1S/C10H10O4S.C7H8/c1-2-14-10(13)7-4-3-6(9(11)12)5-8(7)15;1-7-5-3-2-4-6-7/h3-5,15H,2H2,1H3,(H,11,12);2-6H,1H3. The number of hydrogen-bond donors (Lipinski definition) is 2. The van der Waals surface area contributed by atoms with Gasteiger partial charge in [-0.1, -0.05) is 35.9 Å². The Bertz CT molecular complexity index is 638. The maximum atomic E-state index is 11.3. The number of carboxylic acids is 1. The van der Waals surface area contributed by atoms with Gasteiger partial charge in [0.1, 0.15) is 0 Å². The van der Waals surface area contributed by atoms with Crippen molar-refractivity contribution in [3.8, 4) is 0 Å². The van der Waals surface area contributed by atoms with Gasteiger partial charge in [0.2, 0.25) is 0 Å². The maximum absolute atomic E-state index is 11.3. The van der Waals surface area contributed by atoms with Gasteiger partial charge in [0, 0.05) is 4.90 Å². The quantitative estimate of drug-likeness (QED) is 0.666. The van der Waals surface area contributed by atoms with Crippen LogP contribution in [0.3, 0.4) is 0 Å². The normalized spacial score (nSPS) is 9.41. The summed E-state index contributed by atoms with van der Waals surface area (Å²) in [6.07, 6.45) is 0. The summed E-state index contributed by atoms with van der Waals surface area (Å²) in [4.78, 5) is 22.2. The van der Waals surface area contributed by atoms with Crippen LogP contribution < -0.4 is 0 Å². The molecule has 0 aliphatic heterocycles. The van der Waals surface area contributed by atoms with Crippen LogP contribution in [-0.4, -0.2) is 23.7 Å². The smallest absolute Gasteiger partial charge is 0.339 e. The number of aryl methyl sites for hydroxylation is 1. The number of esters is 1. The number of ether oxygens (including phenoxy) is 1. The van der Waals surface area contributed by atoms with Crippen LogP contribution >= 0.6 is 12.6 Å². The molecule has 5 heteroatoms. The summed E-state index contributed by atoms with van der Waals surface area (Å²) in [7, 11) is 0. The highest BCUT2D eigenvalue weighted by Crippen LogP contribution is 2.17. The fraction of sp³-hybridized carbons (Fsp3) is 0.176. The highest BCUT2D eigenvalue weighted by atomic mass is 32.1. The van der Waals surface area contributed by atoms with Crippen LogP contribution in [0.1, 0.15) is 33.2 Å². The van der Waals surface area contributed by atoms with Gasteiger partial charge in [-0.15, -0.1) is 12.6 Å². The summed E-state index contributed by atoms with van der Waals surface area (Å²) in [6, 6.07) is 14.3. The minimum atomic E-state index is -1.05. The molecule has 0 amide bonds. The molecule has 0 radical (unpaired) electrons. The average Bonchev–Trinajstić information content (AvgIpc) is 2.48. The topological polar surface area (TPSA) is 63.6 Å². The van der Waals surface area contributed by atoms with E-state index in [-0.39, 0.29) is 17.7 Å². The first-order valence-corrected chi connectivity index (χ1v) is 7.15. The Hall–Kier alpha value is -2.27. The Kier molecular flexibility index (Phi) is 7.19. The van der Waals surface area contributed by atoms with Crippen LogP contribution in [0.2, 0.25) is 0 Å². The lowest BCUT2D eigenvalue weighted by atomic mass is 10.1. The second kappa shape index (κ2) is 8.89. The van der Waals surface area contributed by atoms with Crippen molar-refractivity contribution in [2.75, 3.05) is 6.61 Å². The largest absolute Gasteiger partial charge is 0.478 e. The Labute approximate surface area is 135 Å². The van der Waals surface area contributed by atoms with E-state index in [2.05, 4.69) is 31.7 Å². The monoisotopic (exact) mass is 318 g/mol. The van der Waals surface area contributed by atoms with Gasteiger partial charge in [0.25, 0.3) is 0 Å². The number of carbonyl (C=O) groups excluding carboxylic acids is 1. The van der Waals surface area contributed by atoms with Crippen LogP contribution in [0.15, 0.2) is 53.4 Å². The molecule has 0 atom stereocenters. The zero-order valence-electron chi connectivity index (χ0n) is 12.4. The summed E-state index contributed by atoms with van der Waals surface area (Å²) in [5.41, 5.74) is 1.68. The maximum Gasteiger partial charge on any atom is 0.339 e. The second-order valence-electron chi connectivity index (χ2n) is 4.41. The van der Waals surface area contributed by atoms with E-state index in [0.717, 1.165) is 0 Å². The van der Waals surface area contributed by atoms with E-state index in [1.54, 1.807) is 6.92 Å². The molecule has 1 N–H and O–H groups in total. The molecule has 116 valence electrons. The fourth-order valence-corrected chi connectivity index (χ4v) is 1.89. The van der Waals surface area contributed by atoms with Crippen molar-refractivity contribution in [1.29, 1.82) is 0 Å². The molecule has 2 rings (SSSR count). The van der Waals surface area contributed by atoms with Crippen LogP contribution in [0.5, 0.6) is 0 Å². The van der Waals surface area contributed by atoms with Crippen molar-refractivity contribution >= 4 is 24.6 Å². The SMILES string of the molecule is CCOC(=O)c1ccc(C(=O)O)cc1S.Cc1ccccc1. The van der Waals surface area contributed by atoms with E-state index >= 15 is 0 Å². The van der Waals surface area contributed by atoms with Crippen molar-refractivity contribution < 1.29 is 19.4 Å². The molecular weight excluding hydrogens is 300 g/mol. The lowest BCUT2D eigenvalue weighted by Crippen LogP contribution is -2.07. The molecule has 0 saturated carbocycles. The van der Waals surface area contributed by atoms with Crippen molar-refractivity contribution in [3.63, 3.8) is 0 Å². The van der Waals surface area contributed by atoms with Gasteiger partial charge in [-0.05, 0) is 32.0 Å². The summed E-state index contributed by atoms with van der Waals surface area (Å²) >= 11 is 4.03. The third-order valence-corrected chi connectivity index (χ3v) is 3.05. The van der Waals surface area contributed by atoms with E-state index in [4.69, 9.17) is 9.84 Å². The molecule has 0 bridgehead atoms. The third kappa shape index (κ3) is 5.61. The molecule has 22 heavy (non-hydrogen) atoms. The number of thiol groups is 1. The van der Waals surface area contributed by atoms with E-state index in [1.807, 2.05) is 18.2 Å². The van der Waals surface area contributed by atoms with E-state index in [9.17, 15) is 9.59 Å². The zero-order chi connectivity index (χ0) is 16.5. The van der Waals surface area contributed by atoms with E-state index < -0.39 is 11.9 Å². The minimum Gasteiger partial charge on any atom is -0.478 e. The molecule has 0 fully saturated rings. The molecule has 4 nitrogen and oxygen atoms in total. The summed E-state index contributed by atoms with van der Waals surface area (Å²) < 4.78 is 4.77. The van der Waals surface area contributed by atoms with E-state index in [0.29, 0.717) is 4.90 Å². The molecule has 2 aromatic carbocycles. The zero-order valence-corrected chi connectivity index (χ0v) is 13.3. The molecule has 0 heterocycles. The summed E-state index contributed by atoms with van der Waals surface area (Å²) in [5.74, 6) is -1.56. The number of hydrogen-bond acceptors (Lipinski definition) is 4.